The van der Waals surface area contributed by atoms with Crippen LogP contribution in [0.15, 0.2) is 23.4 Å². The van der Waals surface area contributed by atoms with E-state index in [1.54, 1.807) is 18.2 Å². The number of aromatic nitrogens is 3. The van der Waals surface area contributed by atoms with Crippen LogP contribution in [0.25, 0.3) is 0 Å². The largest absolute Gasteiger partial charge is 0.454 e. The van der Waals surface area contributed by atoms with Crippen LogP contribution < -0.4 is 14.8 Å². The normalized spacial score (nSPS) is 17.6. The highest BCUT2D eigenvalue weighted by atomic mass is 32.2. The molecule has 1 atom stereocenters. The van der Waals surface area contributed by atoms with Gasteiger partial charge in [-0.2, -0.15) is 0 Å². The van der Waals surface area contributed by atoms with Gasteiger partial charge in [-0.15, -0.1) is 5.10 Å². The van der Waals surface area contributed by atoms with Crippen molar-refractivity contribution in [2.24, 2.45) is 0 Å². The third kappa shape index (κ3) is 3.58. The Morgan fingerprint density at radius 1 is 1.32 bits per heavy atom. The summed E-state index contributed by atoms with van der Waals surface area (Å²) in [7, 11) is 0. The van der Waals surface area contributed by atoms with E-state index >= 15 is 0 Å². The van der Waals surface area contributed by atoms with Crippen LogP contribution in [0.5, 0.6) is 11.5 Å². The smallest absolute Gasteiger partial charge is 0.237 e. The fourth-order valence-corrected chi connectivity index (χ4v) is 3.85. The van der Waals surface area contributed by atoms with Crippen molar-refractivity contribution in [2.75, 3.05) is 12.1 Å². The molecule has 2 N–H and O–H groups in total. The molecule has 7 nitrogen and oxygen atoms in total. The third-order valence-electron chi connectivity index (χ3n) is 4.52. The number of aromatic amines is 1. The molecule has 0 bridgehead atoms. The van der Waals surface area contributed by atoms with E-state index in [1.165, 1.54) is 37.4 Å². The van der Waals surface area contributed by atoms with Crippen LogP contribution in [0, 0.1) is 0 Å². The number of H-pyrrole nitrogens is 1. The van der Waals surface area contributed by atoms with Crippen LogP contribution >= 0.6 is 11.8 Å². The SMILES string of the molecule is C[C@@H](Sc1n[nH]c(C2CCCC2)n1)C(=O)Nc1ccc2c(c1)OCO2. The number of carbonyl (C=O) groups is 1. The van der Waals surface area contributed by atoms with Gasteiger partial charge in [0.25, 0.3) is 0 Å². The molecular formula is C17H20N4O3S. The van der Waals surface area contributed by atoms with Crippen LogP contribution in [0.3, 0.4) is 0 Å². The maximum atomic E-state index is 12.4. The molecule has 2 aromatic rings. The molecule has 1 aliphatic carbocycles. The van der Waals surface area contributed by atoms with Gasteiger partial charge in [0, 0.05) is 17.7 Å². The van der Waals surface area contributed by atoms with Gasteiger partial charge in [-0.25, -0.2) is 4.98 Å². The van der Waals surface area contributed by atoms with Crippen LogP contribution in [0.1, 0.15) is 44.3 Å². The number of nitrogens with zero attached hydrogens (tertiary/aromatic N) is 2. The van der Waals surface area contributed by atoms with Crippen molar-refractivity contribution in [3.05, 3.63) is 24.0 Å². The molecule has 1 aromatic heterocycles. The molecule has 1 saturated carbocycles. The van der Waals surface area contributed by atoms with Crippen molar-refractivity contribution < 1.29 is 14.3 Å². The first-order valence-corrected chi connectivity index (χ1v) is 9.36. The first-order valence-electron chi connectivity index (χ1n) is 8.48. The van der Waals surface area contributed by atoms with E-state index in [-0.39, 0.29) is 18.0 Å². The van der Waals surface area contributed by atoms with Crippen molar-refractivity contribution in [1.29, 1.82) is 0 Å². The van der Waals surface area contributed by atoms with E-state index < -0.39 is 0 Å². The van der Waals surface area contributed by atoms with Gasteiger partial charge in [0.2, 0.25) is 17.9 Å². The van der Waals surface area contributed by atoms with E-state index in [9.17, 15) is 4.79 Å². The first kappa shape index (κ1) is 16.3. The topological polar surface area (TPSA) is 89.1 Å². The minimum Gasteiger partial charge on any atom is -0.454 e. The van der Waals surface area contributed by atoms with Gasteiger partial charge in [-0.05, 0) is 31.9 Å². The van der Waals surface area contributed by atoms with Crippen molar-refractivity contribution in [3.8, 4) is 11.5 Å². The molecule has 1 fully saturated rings. The molecule has 0 radical (unpaired) electrons. The summed E-state index contributed by atoms with van der Waals surface area (Å²) in [5.41, 5.74) is 0.684. The molecule has 1 aromatic carbocycles. The number of amides is 1. The van der Waals surface area contributed by atoms with Gasteiger partial charge >= 0.3 is 0 Å². The van der Waals surface area contributed by atoms with Gasteiger partial charge in [0.1, 0.15) is 5.82 Å². The lowest BCUT2D eigenvalue weighted by Gasteiger charge is -2.10. The monoisotopic (exact) mass is 360 g/mol. The van der Waals surface area contributed by atoms with Gasteiger partial charge in [-0.1, -0.05) is 24.6 Å². The molecule has 0 unspecified atom stereocenters. The summed E-state index contributed by atoms with van der Waals surface area (Å²) in [6.07, 6.45) is 4.84. The maximum absolute atomic E-state index is 12.4. The minimum atomic E-state index is -0.308. The number of anilines is 1. The first-order chi connectivity index (χ1) is 12.2. The number of benzene rings is 1. The molecular weight excluding hydrogens is 340 g/mol. The number of ether oxygens (including phenoxy) is 2. The summed E-state index contributed by atoms with van der Waals surface area (Å²) < 4.78 is 10.6. The fourth-order valence-electron chi connectivity index (χ4n) is 3.12. The predicted octanol–water partition coefficient (Wildman–Crippen LogP) is 3.31. The van der Waals surface area contributed by atoms with E-state index in [4.69, 9.17) is 9.47 Å². The van der Waals surface area contributed by atoms with E-state index in [2.05, 4.69) is 20.5 Å². The zero-order chi connectivity index (χ0) is 17.2. The average molecular weight is 360 g/mol. The number of fused-ring (bicyclic) bond motifs is 1. The second-order valence-corrected chi connectivity index (χ2v) is 7.61. The molecule has 0 saturated heterocycles. The Bertz CT molecular complexity index is 773. The predicted molar refractivity (Wildman–Crippen MR) is 94.1 cm³/mol. The van der Waals surface area contributed by atoms with Gasteiger partial charge < -0.3 is 14.8 Å². The lowest BCUT2D eigenvalue weighted by Crippen LogP contribution is -2.22. The number of thioether (sulfide) groups is 1. The van der Waals surface area contributed by atoms with Crippen molar-refractivity contribution in [2.45, 2.75) is 48.9 Å². The van der Waals surface area contributed by atoms with Crippen LogP contribution in [-0.2, 0) is 4.79 Å². The van der Waals surface area contributed by atoms with Crippen molar-refractivity contribution in [1.82, 2.24) is 15.2 Å². The quantitative estimate of drug-likeness (QED) is 0.795. The van der Waals surface area contributed by atoms with Crippen LogP contribution in [0.2, 0.25) is 0 Å². The lowest BCUT2D eigenvalue weighted by atomic mass is 10.1. The summed E-state index contributed by atoms with van der Waals surface area (Å²) in [5, 5.41) is 10.5. The molecule has 1 amide bonds. The lowest BCUT2D eigenvalue weighted by molar-refractivity contribution is -0.115. The summed E-state index contributed by atoms with van der Waals surface area (Å²) in [5.74, 6) is 2.67. The Hall–Kier alpha value is -2.22. The molecule has 0 spiro atoms. The Balaban J connectivity index is 1.35. The average Bonchev–Trinajstić information content (AvgIpc) is 3.35. The Kier molecular flexibility index (Phi) is 4.52. The highest BCUT2D eigenvalue weighted by Gasteiger charge is 2.23. The molecule has 132 valence electrons. The highest BCUT2D eigenvalue weighted by Crippen LogP contribution is 2.35. The summed E-state index contributed by atoms with van der Waals surface area (Å²) in [6.45, 7) is 2.06. The molecule has 2 heterocycles. The van der Waals surface area contributed by atoms with Crippen molar-refractivity contribution in [3.63, 3.8) is 0 Å². The Labute approximate surface area is 149 Å². The maximum Gasteiger partial charge on any atom is 0.237 e. The van der Waals surface area contributed by atoms with E-state index in [0.717, 1.165) is 5.82 Å². The summed E-state index contributed by atoms with van der Waals surface area (Å²) in [6, 6.07) is 5.36. The summed E-state index contributed by atoms with van der Waals surface area (Å²) >= 11 is 1.35. The fraction of sp³-hybridized carbons (Fsp3) is 0.471. The molecule has 25 heavy (non-hydrogen) atoms. The second-order valence-electron chi connectivity index (χ2n) is 6.30. The van der Waals surface area contributed by atoms with Gasteiger partial charge in [0.05, 0.1) is 5.25 Å². The van der Waals surface area contributed by atoms with Gasteiger partial charge in [0.15, 0.2) is 11.5 Å². The minimum absolute atomic E-state index is 0.101. The molecule has 1 aliphatic heterocycles. The Morgan fingerprint density at radius 3 is 2.96 bits per heavy atom. The molecule has 8 heteroatoms. The third-order valence-corrected chi connectivity index (χ3v) is 5.48. The number of carbonyl (C=O) groups excluding carboxylic acids is 1. The highest BCUT2D eigenvalue weighted by molar-refractivity contribution is 8.00. The zero-order valence-electron chi connectivity index (χ0n) is 13.9. The number of hydrogen-bond acceptors (Lipinski definition) is 6. The van der Waals surface area contributed by atoms with Gasteiger partial charge in [-0.3, -0.25) is 9.89 Å². The molecule has 2 aliphatic rings. The van der Waals surface area contributed by atoms with Crippen LogP contribution in [0.4, 0.5) is 5.69 Å². The number of hydrogen-bond donors (Lipinski definition) is 2. The molecule has 4 rings (SSSR count). The van der Waals surface area contributed by atoms with E-state index in [0.29, 0.717) is 28.3 Å². The zero-order valence-corrected chi connectivity index (χ0v) is 14.8. The number of nitrogens with one attached hydrogen (secondary N) is 2. The standard InChI is InChI=1S/C17H20N4O3S/c1-10(25-17-19-15(20-21-17)11-4-2-3-5-11)16(22)18-12-6-7-13-14(8-12)24-9-23-13/h6-8,10-11H,2-5,9H2,1H3,(H,18,22)(H,19,20,21)/t10-/m1/s1. The number of rotatable bonds is 5. The van der Waals surface area contributed by atoms with Crippen molar-refractivity contribution >= 4 is 23.4 Å². The van der Waals surface area contributed by atoms with E-state index in [1.807, 2.05) is 6.92 Å². The summed E-state index contributed by atoms with van der Waals surface area (Å²) in [4.78, 5) is 17.0. The second kappa shape index (κ2) is 6.95. The Morgan fingerprint density at radius 2 is 2.12 bits per heavy atom. The van der Waals surface area contributed by atoms with Crippen LogP contribution in [-0.4, -0.2) is 33.1 Å².